The molecule has 1 aliphatic rings. The molecule has 1 aromatic carbocycles. The fourth-order valence-corrected chi connectivity index (χ4v) is 3.01. The van der Waals surface area contributed by atoms with Gasteiger partial charge in [0.25, 0.3) is 0 Å². The molecule has 0 N–H and O–H groups in total. The molecule has 1 aliphatic carbocycles. The molecule has 0 aromatic heterocycles. The molecule has 0 bridgehead atoms. The quantitative estimate of drug-likeness (QED) is 0.790. The van der Waals surface area contributed by atoms with Crippen LogP contribution in [0, 0.1) is 12.8 Å². The van der Waals surface area contributed by atoms with Crippen molar-refractivity contribution in [3.8, 4) is 0 Å². The van der Waals surface area contributed by atoms with E-state index in [4.69, 9.17) is 4.74 Å². The van der Waals surface area contributed by atoms with Crippen LogP contribution >= 0.6 is 0 Å². The number of ketones is 1. The summed E-state index contributed by atoms with van der Waals surface area (Å²) in [6.45, 7) is 4.23. The average Bonchev–Trinajstić information content (AvgIpc) is 2.41. The Hall–Kier alpha value is -1.64. The van der Waals surface area contributed by atoms with E-state index >= 15 is 0 Å². The number of hydrogen-bond acceptors (Lipinski definition) is 3. The molecule has 1 unspecified atom stereocenters. The highest BCUT2D eigenvalue weighted by molar-refractivity contribution is 5.87. The van der Waals surface area contributed by atoms with Crippen molar-refractivity contribution in [2.45, 2.75) is 45.4 Å². The minimum absolute atomic E-state index is 0.0815. The minimum Gasteiger partial charge on any atom is -0.466 e. The molecule has 3 heteroatoms. The summed E-state index contributed by atoms with van der Waals surface area (Å²) in [6.07, 6.45) is 2.77. The van der Waals surface area contributed by atoms with Gasteiger partial charge in [0.1, 0.15) is 5.78 Å². The first kappa shape index (κ1) is 14.8. The summed E-state index contributed by atoms with van der Waals surface area (Å²) >= 11 is 0. The smallest absolute Gasteiger partial charge is 0.306 e. The second-order valence-electron chi connectivity index (χ2n) is 5.52. The third kappa shape index (κ3) is 3.47. The van der Waals surface area contributed by atoms with E-state index in [1.165, 1.54) is 5.56 Å². The van der Waals surface area contributed by atoms with Crippen molar-refractivity contribution < 1.29 is 14.3 Å². The molecule has 2 atom stereocenters. The van der Waals surface area contributed by atoms with Gasteiger partial charge in [-0.1, -0.05) is 29.8 Å². The SMILES string of the molecule is CCOC(=O)C[C@H]1CCCC(=O)C1c1ccc(C)cc1. The van der Waals surface area contributed by atoms with Gasteiger partial charge >= 0.3 is 5.97 Å². The maximum Gasteiger partial charge on any atom is 0.306 e. The first-order valence-electron chi connectivity index (χ1n) is 7.36. The standard InChI is InChI=1S/C17H22O3/c1-3-20-16(19)11-14-5-4-6-15(18)17(14)13-9-7-12(2)8-10-13/h7-10,14,17H,3-6,11H2,1-2H3/t14-,17?/m1/s1. The van der Waals surface area contributed by atoms with E-state index in [9.17, 15) is 9.59 Å². The van der Waals surface area contributed by atoms with Crippen LogP contribution in [0.2, 0.25) is 0 Å². The summed E-state index contributed by atoms with van der Waals surface area (Å²) in [4.78, 5) is 24.0. The summed E-state index contributed by atoms with van der Waals surface area (Å²) in [7, 11) is 0. The Morgan fingerprint density at radius 3 is 2.65 bits per heavy atom. The molecular formula is C17H22O3. The molecular weight excluding hydrogens is 252 g/mol. The predicted octanol–water partition coefficient (Wildman–Crippen LogP) is 3.40. The minimum atomic E-state index is -0.190. The van der Waals surface area contributed by atoms with Crippen LogP contribution < -0.4 is 0 Å². The fourth-order valence-electron chi connectivity index (χ4n) is 3.01. The second kappa shape index (κ2) is 6.69. The number of benzene rings is 1. The summed E-state index contributed by atoms with van der Waals surface area (Å²) in [6, 6.07) is 8.08. The highest BCUT2D eigenvalue weighted by Gasteiger charge is 2.34. The lowest BCUT2D eigenvalue weighted by molar-refractivity contribution is -0.144. The predicted molar refractivity (Wildman–Crippen MR) is 77.5 cm³/mol. The molecule has 2 rings (SSSR count). The number of aryl methyl sites for hydroxylation is 1. The lowest BCUT2D eigenvalue weighted by atomic mass is 9.73. The summed E-state index contributed by atoms with van der Waals surface area (Å²) in [5, 5.41) is 0. The van der Waals surface area contributed by atoms with E-state index in [0.29, 0.717) is 19.4 Å². The van der Waals surface area contributed by atoms with Gasteiger partial charge < -0.3 is 4.74 Å². The summed E-state index contributed by atoms with van der Waals surface area (Å²) < 4.78 is 5.03. The number of hydrogen-bond donors (Lipinski definition) is 0. The van der Waals surface area contributed by atoms with Gasteiger partial charge in [-0.05, 0) is 38.2 Å². The highest BCUT2D eigenvalue weighted by atomic mass is 16.5. The van der Waals surface area contributed by atoms with Gasteiger partial charge in [-0.2, -0.15) is 0 Å². The van der Waals surface area contributed by atoms with Gasteiger partial charge in [0.15, 0.2) is 0 Å². The molecule has 0 heterocycles. The molecule has 0 aliphatic heterocycles. The summed E-state index contributed by atoms with van der Waals surface area (Å²) in [5.74, 6) is 0.00507. The van der Waals surface area contributed by atoms with Gasteiger partial charge in [0.05, 0.1) is 6.61 Å². The number of esters is 1. The number of carbonyl (C=O) groups is 2. The molecule has 3 nitrogen and oxygen atoms in total. The van der Waals surface area contributed by atoms with Crippen molar-refractivity contribution in [2.24, 2.45) is 5.92 Å². The van der Waals surface area contributed by atoms with Crippen molar-refractivity contribution in [3.63, 3.8) is 0 Å². The second-order valence-corrected chi connectivity index (χ2v) is 5.52. The third-order valence-corrected chi connectivity index (χ3v) is 3.99. The number of rotatable bonds is 4. The third-order valence-electron chi connectivity index (χ3n) is 3.99. The van der Waals surface area contributed by atoms with Crippen molar-refractivity contribution in [3.05, 3.63) is 35.4 Å². The zero-order valence-electron chi connectivity index (χ0n) is 12.2. The van der Waals surface area contributed by atoms with Crippen LogP contribution in [0.15, 0.2) is 24.3 Å². The van der Waals surface area contributed by atoms with E-state index in [1.54, 1.807) is 6.92 Å². The molecule has 0 radical (unpaired) electrons. The fraction of sp³-hybridized carbons (Fsp3) is 0.529. The summed E-state index contributed by atoms with van der Waals surface area (Å²) in [5.41, 5.74) is 2.22. The van der Waals surface area contributed by atoms with Crippen molar-refractivity contribution in [1.29, 1.82) is 0 Å². The maximum absolute atomic E-state index is 12.3. The lowest BCUT2D eigenvalue weighted by Crippen LogP contribution is -2.28. The Morgan fingerprint density at radius 2 is 2.00 bits per heavy atom. The van der Waals surface area contributed by atoms with E-state index in [-0.39, 0.29) is 23.6 Å². The van der Waals surface area contributed by atoms with E-state index in [0.717, 1.165) is 18.4 Å². The first-order valence-corrected chi connectivity index (χ1v) is 7.36. The Balaban J connectivity index is 2.17. The van der Waals surface area contributed by atoms with Crippen molar-refractivity contribution in [1.82, 2.24) is 0 Å². The molecule has 0 spiro atoms. The van der Waals surface area contributed by atoms with Crippen LogP contribution in [0.4, 0.5) is 0 Å². The van der Waals surface area contributed by atoms with E-state index in [2.05, 4.69) is 0 Å². The zero-order valence-corrected chi connectivity index (χ0v) is 12.2. The molecule has 20 heavy (non-hydrogen) atoms. The Bertz CT molecular complexity index is 476. The van der Waals surface area contributed by atoms with Crippen LogP contribution in [0.1, 0.15) is 49.7 Å². The van der Waals surface area contributed by atoms with Gasteiger partial charge in [-0.25, -0.2) is 0 Å². The molecule has 108 valence electrons. The zero-order chi connectivity index (χ0) is 14.5. The van der Waals surface area contributed by atoms with Crippen molar-refractivity contribution >= 4 is 11.8 Å². The number of carbonyl (C=O) groups excluding carboxylic acids is 2. The van der Waals surface area contributed by atoms with Gasteiger partial charge in [-0.15, -0.1) is 0 Å². The molecule has 0 amide bonds. The molecule has 1 fully saturated rings. The van der Waals surface area contributed by atoms with Crippen LogP contribution in [0.3, 0.4) is 0 Å². The van der Waals surface area contributed by atoms with Crippen molar-refractivity contribution in [2.75, 3.05) is 6.61 Å². The molecule has 0 saturated heterocycles. The lowest BCUT2D eigenvalue weighted by Gasteiger charge is -2.30. The Labute approximate surface area is 120 Å². The molecule has 1 saturated carbocycles. The average molecular weight is 274 g/mol. The highest BCUT2D eigenvalue weighted by Crippen LogP contribution is 2.37. The van der Waals surface area contributed by atoms with Crippen LogP contribution in [-0.4, -0.2) is 18.4 Å². The van der Waals surface area contributed by atoms with Gasteiger partial charge in [0, 0.05) is 18.8 Å². The van der Waals surface area contributed by atoms with Crippen LogP contribution in [0.5, 0.6) is 0 Å². The van der Waals surface area contributed by atoms with Gasteiger partial charge in [0.2, 0.25) is 0 Å². The topological polar surface area (TPSA) is 43.4 Å². The Kier molecular flexibility index (Phi) is 4.94. The van der Waals surface area contributed by atoms with Gasteiger partial charge in [-0.3, -0.25) is 9.59 Å². The van der Waals surface area contributed by atoms with E-state index < -0.39 is 0 Å². The normalized spacial score (nSPS) is 22.6. The van der Waals surface area contributed by atoms with E-state index in [1.807, 2.05) is 31.2 Å². The number of Topliss-reactive ketones (excluding diaryl/α,β-unsaturated/α-hetero) is 1. The van der Waals surface area contributed by atoms with Crippen LogP contribution in [-0.2, 0) is 14.3 Å². The Morgan fingerprint density at radius 1 is 1.30 bits per heavy atom. The first-order chi connectivity index (χ1) is 9.61. The molecule has 1 aromatic rings. The largest absolute Gasteiger partial charge is 0.466 e. The number of ether oxygens (including phenoxy) is 1. The monoisotopic (exact) mass is 274 g/mol. The maximum atomic E-state index is 12.3. The van der Waals surface area contributed by atoms with Crippen LogP contribution in [0.25, 0.3) is 0 Å².